The number of anilines is 1. The first-order valence-corrected chi connectivity index (χ1v) is 9.96. The molecule has 9 nitrogen and oxygen atoms in total. The molecule has 33 heavy (non-hydrogen) atoms. The summed E-state index contributed by atoms with van der Waals surface area (Å²) in [5, 5.41) is 6.73. The summed E-state index contributed by atoms with van der Waals surface area (Å²) in [6.07, 6.45) is 0.426. The molecule has 168 valence electrons. The van der Waals surface area contributed by atoms with Crippen molar-refractivity contribution < 1.29 is 18.7 Å². The van der Waals surface area contributed by atoms with E-state index in [9.17, 15) is 14.0 Å². The van der Waals surface area contributed by atoms with E-state index in [0.29, 0.717) is 17.1 Å². The van der Waals surface area contributed by atoms with Gasteiger partial charge in [0.1, 0.15) is 23.8 Å². The third kappa shape index (κ3) is 5.24. The number of amides is 1. The molecule has 0 saturated heterocycles. The zero-order valence-electron chi connectivity index (χ0n) is 17.6. The van der Waals surface area contributed by atoms with E-state index in [2.05, 4.69) is 20.4 Å². The van der Waals surface area contributed by atoms with Crippen molar-refractivity contribution in [2.45, 2.75) is 13.2 Å². The maximum absolute atomic E-state index is 14.0. The predicted octanol–water partition coefficient (Wildman–Crippen LogP) is 3.58. The van der Waals surface area contributed by atoms with Crippen LogP contribution in [0.25, 0.3) is 11.5 Å². The van der Waals surface area contributed by atoms with Gasteiger partial charge in [0.2, 0.25) is 5.88 Å². The Morgan fingerprint density at radius 1 is 1.15 bits per heavy atom. The Balaban J connectivity index is 1.47. The lowest BCUT2D eigenvalue weighted by atomic mass is 10.2. The van der Waals surface area contributed by atoms with E-state index in [1.54, 1.807) is 24.3 Å². The molecule has 0 spiro atoms. The molecule has 0 bridgehead atoms. The Bertz CT molecular complexity index is 1320. The number of carbonyl (C=O) groups is 1. The number of nitrogens with zero attached hydrogens (tertiary/aromatic N) is 3. The van der Waals surface area contributed by atoms with Gasteiger partial charge < -0.3 is 14.5 Å². The Morgan fingerprint density at radius 2 is 1.91 bits per heavy atom. The Labute approximate surface area is 187 Å². The van der Waals surface area contributed by atoms with Gasteiger partial charge in [-0.15, -0.1) is 0 Å². The highest BCUT2D eigenvalue weighted by Gasteiger charge is 2.15. The summed E-state index contributed by atoms with van der Waals surface area (Å²) in [6.45, 7) is 0.197. The minimum atomic E-state index is -0.783. The van der Waals surface area contributed by atoms with Crippen LogP contribution in [0.5, 0.6) is 5.88 Å². The van der Waals surface area contributed by atoms with Crippen LogP contribution in [0.2, 0.25) is 0 Å². The highest BCUT2D eigenvalue weighted by atomic mass is 19.1. The minimum absolute atomic E-state index is 0.0648. The van der Waals surface area contributed by atoms with Gasteiger partial charge in [0.05, 0.1) is 19.9 Å². The zero-order valence-corrected chi connectivity index (χ0v) is 17.6. The Hall–Kier alpha value is -4.47. The molecule has 4 aromatic rings. The van der Waals surface area contributed by atoms with Crippen molar-refractivity contribution in [1.29, 1.82) is 0 Å². The highest BCUT2D eigenvalue weighted by Crippen LogP contribution is 2.22. The van der Waals surface area contributed by atoms with Gasteiger partial charge in [-0.25, -0.2) is 18.9 Å². The van der Waals surface area contributed by atoms with Gasteiger partial charge in [-0.05, 0) is 11.6 Å². The smallest absolute Gasteiger partial charge is 0.412 e. The SMILES string of the molecule is COc1cc(-c2ncc(NC(=O)OCc3ccccc3)c(=O)[nH]2)nn1Cc1ccccc1F. The van der Waals surface area contributed by atoms with E-state index >= 15 is 0 Å². The van der Waals surface area contributed by atoms with E-state index in [1.807, 2.05) is 30.3 Å². The van der Waals surface area contributed by atoms with Gasteiger partial charge in [-0.1, -0.05) is 48.5 Å². The van der Waals surface area contributed by atoms with Gasteiger partial charge >= 0.3 is 6.09 Å². The number of nitrogens with one attached hydrogen (secondary N) is 2. The minimum Gasteiger partial charge on any atom is -0.481 e. The molecule has 0 radical (unpaired) electrons. The first-order valence-electron chi connectivity index (χ1n) is 9.96. The van der Waals surface area contributed by atoms with Gasteiger partial charge in [0, 0.05) is 11.6 Å². The Morgan fingerprint density at radius 3 is 2.64 bits per heavy atom. The van der Waals surface area contributed by atoms with E-state index in [1.165, 1.54) is 24.1 Å². The van der Waals surface area contributed by atoms with Crippen molar-refractivity contribution in [1.82, 2.24) is 19.7 Å². The lowest BCUT2D eigenvalue weighted by Crippen LogP contribution is -2.21. The molecule has 0 saturated carbocycles. The van der Waals surface area contributed by atoms with Gasteiger partial charge in [-0.3, -0.25) is 10.1 Å². The lowest BCUT2D eigenvalue weighted by Gasteiger charge is -2.07. The maximum Gasteiger partial charge on any atom is 0.412 e. The fourth-order valence-electron chi connectivity index (χ4n) is 3.06. The van der Waals surface area contributed by atoms with Crippen LogP contribution in [-0.2, 0) is 17.9 Å². The van der Waals surface area contributed by atoms with Crippen LogP contribution in [0, 0.1) is 5.82 Å². The first-order chi connectivity index (χ1) is 16.0. The van der Waals surface area contributed by atoms with E-state index < -0.39 is 11.7 Å². The van der Waals surface area contributed by atoms with Gasteiger partial charge in [0.15, 0.2) is 5.82 Å². The molecular formula is C23H20FN5O4. The van der Waals surface area contributed by atoms with E-state index in [-0.39, 0.29) is 30.5 Å². The molecule has 10 heteroatoms. The van der Waals surface area contributed by atoms with Crippen molar-refractivity contribution in [3.05, 3.63) is 94.2 Å². The molecule has 0 aliphatic carbocycles. The Kier molecular flexibility index (Phi) is 6.44. The monoisotopic (exact) mass is 449 g/mol. The van der Waals surface area contributed by atoms with Crippen molar-refractivity contribution in [2.75, 3.05) is 12.4 Å². The summed E-state index contributed by atoms with van der Waals surface area (Å²) >= 11 is 0. The number of hydrogen-bond acceptors (Lipinski definition) is 6. The van der Waals surface area contributed by atoms with E-state index in [4.69, 9.17) is 9.47 Å². The van der Waals surface area contributed by atoms with Crippen LogP contribution in [0.15, 0.2) is 71.7 Å². The van der Waals surface area contributed by atoms with E-state index in [0.717, 1.165) is 5.56 Å². The molecule has 0 fully saturated rings. The van der Waals surface area contributed by atoms with Crippen molar-refractivity contribution in [2.24, 2.45) is 0 Å². The van der Waals surface area contributed by atoms with Gasteiger partial charge in [-0.2, -0.15) is 5.10 Å². The summed E-state index contributed by atoms with van der Waals surface area (Å²) in [5.41, 5.74) is 0.905. The fraction of sp³-hybridized carbons (Fsp3) is 0.130. The quantitative estimate of drug-likeness (QED) is 0.446. The van der Waals surface area contributed by atoms with Crippen molar-refractivity contribution in [3.8, 4) is 17.4 Å². The number of carbonyl (C=O) groups excluding carboxylic acids is 1. The summed E-state index contributed by atoms with van der Waals surface area (Å²) in [4.78, 5) is 31.2. The second kappa shape index (κ2) is 9.77. The third-order valence-corrected chi connectivity index (χ3v) is 4.72. The maximum atomic E-state index is 14.0. The number of aromatic nitrogens is 4. The van der Waals surface area contributed by atoms with Crippen LogP contribution >= 0.6 is 0 Å². The number of aromatic amines is 1. The summed E-state index contributed by atoms with van der Waals surface area (Å²) in [7, 11) is 1.46. The number of halogens is 1. The molecule has 0 aliphatic heterocycles. The number of ether oxygens (including phenoxy) is 2. The van der Waals surface area contributed by atoms with Crippen LogP contribution in [0.4, 0.5) is 14.9 Å². The van der Waals surface area contributed by atoms with Crippen LogP contribution in [0.1, 0.15) is 11.1 Å². The first kappa shape index (κ1) is 21.8. The fourth-order valence-corrected chi connectivity index (χ4v) is 3.06. The summed E-state index contributed by atoms with van der Waals surface area (Å²) < 4.78 is 25.9. The number of benzene rings is 2. The van der Waals surface area contributed by atoms with Crippen LogP contribution < -0.4 is 15.6 Å². The zero-order chi connectivity index (χ0) is 23.2. The normalized spacial score (nSPS) is 10.6. The molecule has 0 atom stereocenters. The lowest BCUT2D eigenvalue weighted by molar-refractivity contribution is 0.155. The molecule has 0 aliphatic rings. The average molecular weight is 449 g/mol. The predicted molar refractivity (Wildman–Crippen MR) is 118 cm³/mol. The highest BCUT2D eigenvalue weighted by molar-refractivity contribution is 5.84. The number of H-pyrrole nitrogens is 1. The second-order valence-electron chi connectivity index (χ2n) is 6.98. The average Bonchev–Trinajstić information content (AvgIpc) is 3.24. The molecule has 2 heterocycles. The second-order valence-corrected chi connectivity index (χ2v) is 6.98. The number of hydrogen-bond donors (Lipinski definition) is 2. The molecule has 2 N–H and O–H groups in total. The van der Waals surface area contributed by atoms with Crippen molar-refractivity contribution >= 4 is 11.8 Å². The third-order valence-electron chi connectivity index (χ3n) is 4.72. The molecular weight excluding hydrogens is 429 g/mol. The van der Waals surface area contributed by atoms with Crippen LogP contribution in [-0.4, -0.2) is 33.0 Å². The standard InChI is InChI=1S/C23H20FN5O4/c1-32-20-11-18(28-29(20)13-16-9-5-6-10-17(16)24)21-25-12-19(22(30)27-21)26-23(31)33-14-15-7-3-2-4-8-15/h2-12H,13-14H2,1H3,(H,26,31)(H,25,27,30). The van der Waals surface area contributed by atoms with Crippen LogP contribution in [0.3, 0.4) is 0 Å². The molecule has 2 aromatic heterocycles. The largest absolute Gasteiger partial charge is 0.481 e. The number of methoxy groups -OCH3 is 1. The topological polar surface area (TPSA) is 111 Å². The molecule has 4 rings (SSSR count). The summed E-state index contributed by atoms with van der Waals surface area (Å²) in [6, 6.07) is 17.1. The molecule has 2 aromatic carbocycles. The van der Waals surface area contributed by atoms with Gasteiger partial charge in [0.25, 0.3) is 5.56 Å². The summed E-state index contributed by atoms with van der Waals surface area (Å²) in [5.74, 6) is 0.161. The molecule has 1 amide bonds. The molecule has 0 unspecified atom stereocenters. The van der Waals surface area contributed by atoms with Crippen molar-refractivity contribution in [3.63, 3.8) is 0 Å². The number of rotatable bonds is 7.